The van der Waals surface area contributed by atoms with Crippen LogP contribution in [-0.2, 0) is 14.8 Å². The highest BCUT2D eigenvalue weighted by Gasteiger charge is 2.50. The normalized spacial score (nSPS) is 23.4. The van der Waals surface area contributed by atoms with Crippen molar-refractivity contribution in [2.75, 3.05) is 56.7 Å². The zero-order valence-corrected chi connectivity index (χ0v) is 41.1. The monoisotopic (exact) mass is 967 g/mol. The van der Waals surface area contributed by atoms with Crippen molar-refractivity contribution in [2.45, 2.75) is 108 Å². The number of fused-ring (bicyclic) bond motifs is 1. The molecule has 15 nitrogen and oxygen atoms in total. The number of rotatable bonds is 15. The average molecular weight is 968 g/mol. The molecule has 0 bridgehead atoms. The number of ether oxygens (including phenoxy) is 3. The number of aliphatic hydroxyl groups is 1. The predicted molar refractivity (Wildman–Crippen MR) is 262 cm³/mol. The molecule has 1 amide bonds. The second-order valence-corrected chi connectivity index (χ2v) is 22.2. The van der Waals surface area contributed by atoms with Crippen LogP contribution in [0, 0.1) is 34.2 Å². The molecule has 2 aliphatic carbocycles. The Balaban J connectivity index is 0.936. The number of piperidine rings is 1. The Morgan fingerprint density at radius 3 is 2.55 bits per heavy atom. The first-order valence-electron chi connectivity index (χ1n) is 24.6. The standard InChI is InChI=1S/C52H66FN7O8S/c1-6-67-50-46(25-41-43(53)30-56-47(41)57-50)68-45-23-35(60-20-18-52(19-21-60)26-34(27-52)38-15-22-66-31-42(38)39-10-8-7-9-37(39)32(2)3)11-12-40(45)49(61)58-69(64,65)36-24-44(59(5)63)48(55-29-36)54-28-33-13-16-51(4,62)17-14-33/h7-12,23-25,29-30,32-34,38,42,59,62H,6,13-22,26-28,31H2,1-5H3,(H,54,55)(H,56,57)(H,58,61)/t33-,38-,42-,51-/m1/s1. The third kappa shape index (κ3) is 10.4. The van der Waals surface area contributed by atoms with Gasteiger partial charge in [-0.15, -0.1) is 0 Å². The van der Waals surface area contributed by atoms with Crippen molar-refractivity contribution in [3.8, 4) is 17.4 Å². The summed E-state index contributed by atoms with van der Waals surface area (Å²) >= 11 is 0. The van der Waals surface area contributed by atoms with Gasteiger partial charge in [0.2, 0.25) is 0 Å². The second kappa shape index (κ2) is 19.8. The van der Waals surface area contributed by atoms with Crippen molar-refractivity contribution in [2.24, 2.45) is 23.2 Å². The van der Waals surface area contributed by atoms with E-state index in [2.05, 4.69) is 68.0 Å². The number of quaternary nitrogens is 1. The topological polar surface area (TPSA) is 196 Å². The molecule has 69 heavy (non-hydrogen) atoms. The number of aromatic amines is 1. The molecule has 4 aliphatic rings. The van der Waals surface area contributed by atoms with E-state index in [-0.39, 0.29) is 68.3 Å². The fourth-order valence-corrected chi connectivity index (χ4v) is 12.3. The highest BCUT2D eigenvalue weighted by atomic mass is 32.2. The lowest BCUT2D eigenvalue weighted by molar-refractivity contribution is -0.751. The van der Waals surface area contributed by atoms with Crippen LogP contribution in [0.3, 0.4) is 0 Å². The van der Waals surface area contributed by atoms with E-state index in [0.29, 0.717) is 43.1 Å². The predicted octanol–water partition coefficient (Wildman–Crippen LogP) is 8.34. The Bertz CT molecular complexity index is 2760. The van der Waals surface area contributed by atoms with Crippen molar-refractivity contribution in [1.29, 1.82) is 0 Å². The molecule has 2 saturated carbocycles. The lowest BCUT2D eigenvalue weighted by atomic mass is 9.52. The number of anilines is 2. The summed E-state index contributed by atoms with van der Waals surface area (Å²) in [5.41, 5.74) is 3.40. The first kappa shape index (κ1) is 48.7. The van der Waals surface area contributed by atoms with Crippen LogP contribution in [0.5, 0.6) is 17.4 Å². The molecule has 5 N–H and O–H groups in total. The van der Waals surface area contributed by atoms with Gasteiger partial charge in [-0.05, 0) is 124 Å². The number of sulfonamides is 1. The maximum atomic E-state index is 14.9. The Labute approximate surface area is 404 Å². The van der Waals surface area contributed by atoms with Crippen molar-refractivity contribution in [1.82, 2.24) is 19.7 Å². The van der Waals surface area contributed by atoms with Gasteiger partial charge < -0.3 is 44.8 Å². The summed E-state index contributed by atoms with van der Waals surface area (Å²) in [4.78, 5) is 27.7. The van der Waals surface area contributed by atoms with Crippen LogP contribution in [-0.4, -0.2) is 86.5 Å². The molecule has 17 heteroatoms. The number of hydrogen-bond acceptors (Lipinski definition) is 12. The Morgan fingerprint density at radius 2 is 1.83 bits per heavy atom. The summed E-state index contributed by atoms with van der Waals surface area (Å²) in [5, 5.41) is 26.1. The maximum absolute atomic E-state index is 14.9. The molecule has 2 aromatic carbocycles. The lowest BCUT2D eigenvalue weighted by Gasteiger charge is -2.56. The minimum absolute atomic E-state index is 0.0146. The number of H-pyrrole nitrogens is 1. The number of hydrogen-bond donors (Lipinski definition) is 5. The van der Waals surface area contributed by atoms with Crippen LogP contribution in [0.15, 0.2) is 71.9 Å². The van der Waals surface area contributed by atoms with Gasteiger partial charge in [0.1, 0.15) is 22.1 Å². The summed E-state index contributed by atoms with van der Waals surface area (Å²) in [7, 11) is -3.25. The van der Waals surface area contributed by atoms with Gasteiger partial charge in [-0.3, -0.25) is 4.79 Å². The van der Waals surface area contributed by atoms with Crippen LogP contribution in [0.1, 0.15) is 119 Å². The van der Waals surface area contributed by atoms with E-state index >= 15 is 0 Å². The van der Waals surface area contributed by atoms with Gasteiger partial charge >= 0.3 is 0 Å². The van der Waals surface area contributed by atoms with Crippen LogP contribution in [0.25, 0.3) is 11.0 Å². The van der Waals surface area contributed by atoms with E-state index < -0.39 is 32.4 Å². The van der Waals surface area contributed by atoms with Gasteiger partial charge in [0, 0.05) is 62.2 Å². The van der Waals surface area contributed by atoms with E-state index in [1.54, 1.807) is 19.1 Å². The molecule has 1 unspecified atom stereocenters. The molecule has 3 atom stereocenters. The van der Waals surface area contributed by atoms with Crippen molar-refractivity contribution in [3.63, 3.8) is 0 Å². The third-order valence-electron chi connectivity index (χ3n) is 15.4. The number of hydroxylamine groups is 1. The number of amides is 1. The molecule has 5 aromatic rings. The zero-order valence-electron chi connectivity index (χ0n) is 40.3. The van der Waals surface area contributed by atoms with E-state index in [4.69, 9.17) is 14.2 Å². The second-order valence-electron chi connectivity index (χ2n) is 20.5. The minimum atomic E-state index is -4.57. The molecule has 3 aromatic heterocycles. The van der Waals surface area contributed by atoms with Gasteiger partial charge in [0.25, 0.3) is 21.8 Å². The Hall–Kier alpha value is -5.33. The summed E-state index contributed by atoms with van der Waals surface area (Å²) < 4.78 is 63.3. The molecule has 1 spiro atoms. The summed E-state index contributed by atoms with van der Waals surface area (Å²) in [6.07, 6.45) is 10.7. The molecule has 2 saturated heterocycles. The van der Waals surface area contributed by atoms with E-state index in [1.807, 2.05) is 6.92 Å². The number of nitrogens with zero attached hydrogens (tertiary/aromatic N) is 3. The van der Waals surface area contributed by atoms with E-state index in [9.17, 15) is 27.9 Å². The molecule has 9 rings (SSSR count). The third-order valence-corrected chi connectivity index (χ3v) is 16.7. The molecular weight excluding hydrogens is 902 g/mol. The summed E-state index contributed by atoms with van der Waals surface area (Å²) in [6, 6.07) is 16.5. The number of benzene rings is 2. The van der Waals surface area contributed by atoms with E-state index in [0.717, 1.165) is 70.3 Å². The van der Waals surface area contributed by atoms with Crippen molar-refractivity contribution < 1.29 is 42.0 Å². The molecular formula is C52H66FN7O8S. The van der Waals surface area contributed by atoms with E-state index in [1.165, 1.54) is 55.4 Å². The summed E-state index contributed by atoms with van der Waals surface area (Å²) in [5.74, 6) is 1.12. The quantitative estimate of drug-likeness (QED) is 0.0631. The fourth-order valence-electron chi connectivity index (χ4n) is 11.4. The molecule has 370 valence electrons. The van der Waals surface area contributed by atoms with Crippen LogP contribution < -0.4 is 29.5 Å². The van der Waals surface area contributed by atoms with Gasteiger partial charge in [0.05, 0.1) is 43.0 Å². The smallest absolute Gasteiger partial charge is 0.268 e. The number of pyridine rings is 2. The molecule has 5 heterocycles. The highest BCUT2D eigenvalue weighted by molar-refractivity contribution is 7.90. The number of nitrogens with one attached hydrogen (secondary N) is 4. The number of carbonyl (C=O) groups is 1. The molecule has 0 radical (unpaired) electrons. The largest absolute Gasteiger partial charge is 0.629 e. The molecule has 4 fully saturated rings. The maximum Gasteiger partial charge on any atom is 0.268 e. The number of carbonyl (C=O) groups excluding carboxylic acids is 1. The minimum Gasteiger partial charge on any atom is -0.629 e. The van der Waals surface area contributed by atoms with Crippen molar-refractivity contribution >= 4 is 44.2 Å². The first-order chi connectivity index (χ1) is 33.0. The van der Waals surface area contributed by atoms with Gasteiger partial charge in [-0.2, -0.15) is 4.98 Å². The Kier molecular flexibility index (Phi) is 14.0. The van der Waals surface area contributed by atoms with Crippen LogP contribution in [0.2, 0.25) is 0 Å². The highest BCUT2D eigenvalue weighted by Crippen LogP contribution is 2.59. The van der Waals surface area contributed by atoms with Gasteiger partial charge in [-0.25, -0.2) is 22.5 Å². The van der Waals surface area contributed by atoms with Crippen molar-refractivity contribution in [3.05, 3.63) is 94.7 Å². The zero-order chi connectivity index (χ0) is 48.7. The lowest BCUT2D eigenvalue weighted by Crippen LogP contribution is -2.98. The van der Waals surface area contributed by atoms with Crippen LogP contribution >= 0.6 is 0 Å². The first-order valence-corrected chi connectivity index (χ1v) is 26.1. The summed E-state index contributed by atoms with van der Waals surface area (Å²) in [6.45, 7) is 12.0. The van der Waals surface area contributed by atoms with Crippen LogP contribution in [0.4, 0.5) is 21.6 Å². The van der Waals surface area contributed by atoms with Gasteiger partial charge in [-0.1, -0.05) is 38.1 Å². The fraction of sp³-hybridized carbons (Fsp3) is 0.519. The number of halogens is 1. The van der Waals surface area contributed by atoms with Gasteiger partial charge in [0.15, 0.2) is 17.3 Å². The SMILES string of the molecule is CCOc1nc2[nH]cc(F)c2cc1Oc1cc(N2CCC3(CC2)CC([C@H]2CCOC[C@H]2c2ccccc2C(C)C)C3)ccc1C(=O)NS(=O)(=O)c1cnc(NC[C@H]2CC[C@](C)(O)CC2)c([NH+](C)[O-])c1. The molecule has 2 aliphatic heterocycles. The Morgan fingerprint density at radius 1 is 1.07 bits per heavy atom. The average Bonchev–Trinajstić information content (AvgIpc) is 3.68. The number of aromatic nitrogens is 3.